The zero-order valence-electron chi connectivity index (χ0n) is 27.4. The number of amides is 5. The molecular formula is C32H52N8O7. The Morgan fingerprint density at radius 3 is 2.00 bits per heavy atom. The molecule has 2 rings (SSSR count). The maximum Gasteiger partial charge on any atom is 0.326 e. The molecule has 11 N–H and O–H groups in total. The molecule has 1 aromatic carbocycles. The van der Waals surface area contributed by atoms with Crippen LogP contribution in [0.1, 0.15) is 64.4 Å². The van der Waals surface area contributed by atoms with E-state index in [1.165, 1.54) is 4.90 Å². The summed E-state index contributed by atoms with van der Waals surface area (Å²) in [5, 5.41) is 20.2. The van der Waals surface area contributed by atoms with Crippen LogP contribution in [0.25, 0.3) is 0 Å². The van der Waals surface area contributed by atoms with Gasteiger partial charge >= 0.3 is 5.97 Å². The second kappa shape index (κ2) is 20.2. The van der Waals surface area contributed by atoms with Gasteiger partial charge < -0.3 is 48.5 Å². The van der Waals surface area contributed by atoms with Crippen LogP contribution in [0, 0.1) is 5.92 Å². The fourth-order valence-corrected chi connectivity index (χ4v) is 5.49. The number of hydrogen-bond donors (Lipinski definition) is 8. The van der Waals surface area contributed by atoms with Crippen molar-refractivity contribution in [2.45, 2.75) is 95.4 Å². The van der Waals surface area contributed by atoms with Gasteiger partial charge in [0.1, 0.15) is 30.2 Å². The van der Waals surface area contributed by atoms with Crippen molar-refractivity contribution in [3.05, 3.63) is 35.9 Å². The van der Waals surface area contributed by atoms with Gasteiger partial charge in [-0.2, -0.15) is 0 Å². The summed E-state index contributed by atoms with van der Waals surface area (Å²) in [6, 6.07) is 3.85. The monoisotopic (exact) mass is 660 g/mol. The van der Waals surface area contributed by atoms with Gasteiger partial charge in [0.05, 0.1) is 6.54 Å². The highest BCUT2D eigenvalue weighted by atomic mass is 16.4. The summed E-state index contributed by atoms with van der Waals surface area (Å²) < 4.78 is 0. The number of nitrogens with zero attached hydrogens (tertiary/aromatic N) is 1. The number of nitrogens with one attached hydrogen (secondary N) is 4. The third-order valence-corrected chi connectivity index (χ3v) is 7.92. The Balaban J connectivity index is 2.31. The van der Waals surface area contributed by atoms with Gasteiger partial charge in [-0.05, 0) is 69.5 Å². The van der Waals surface area contributed by atoms with Crippen LogP contribution in [0.5, 0.6) is 0 Å². The molecule has 0 saturated carbocycles. The van der Waals surface area contributed by atoms with Crippen molar-refractivity contribution in [2.75, 3.05) is 26.2 Å². The fourth-order valence-electron chi connectivity index (χ4n) is 5.49. The Bertz CT molecular complexity index is 1200. The first-order valence-electron chi connectivity index (χ1n) is 16.3. The predicted octanol–water partition coefficient (Wildman–Crippen LogP) is -1.27. The summed E-state index contributed by atoms with van der Waals surface area (Å²) in [7, 11) is 0. The van der Waals surface area contributed by atoms with Crippen LogP contribution >= 0.6 is 0 Å². The van der Waals surface area contributed by atoms with Crippen molar-refractivity contribution in [3.63, 3.8) is 0 Å². The van der Waals surface area contributed by atoms with Crippen LogP contribution in [-0.4, -0.2) is 102 Å². The largest absolute Gasteiger partial charge is 0.480 e. The second-order valence-corrected chi connectivity index (χ2v) is 12.2. The van der Waals surface area contributed by atoms with E-state index in [1.54, 1.807) is 24.3 Å². The van der Waals surface area contributed by atoms with E-state index in [4.69, 9.17) is 17.2 Å². The molecule has 1 heterocycles. The summed E-state index contributed by atoms with van der Waals surface area (Å²) in [5.74, 6) is -3.95. The minimum absolute atomic E-state index is 0.0464. The lowest BCUT2D eigenvalue weighted by molar-refractivity contribution is -0.145. The molecule has 0 bridgehead atoms. The van der Waals surface area contributed by atoms with Gasteiger partial charge in [-0.3, -0.25) is 24.0 Å². The van der Waals surface area contributed by atoms with Gasteiger partial charge in [-0.1, -0.05) is 44.2 Å². The predicted molar refractivity (Wildman–Crippen MR) is 175 cm³/mol. The Kier molecular flexibility index (Phi) is 16.8. The quantitative estimate of drug-likeness (QED) is 0.0823. The van der Waals surface area contributed by atoms with Crippen molar-refractivity contribution >= 4 is 35.5 Å². The van der Waals surface area contributed by atoms with Gasteiger partial charge in [-0.25, -0.2) is 4.79 Å². The van der Waals surface area contributed by atoms with Gasteiger partial charge in [0.25, 0.3) is 0 Å². The molecule has 15 heteroatoms. The number of likely N-dealkylation sites (tertiary alicyclic amines) is 1. The van der Waals surface area contributed by atoms with Gasteiger partial charge in [0.2, 0.25) is 29.5 Å². The molecule has 47 heavy (non-hydrogen) atoms. The van der Waals surface area contributed by atoms with E-state index in [-0.39, 0.29) is 51.4 Å². The molecule has 15 nitrogen and oxygen atoms in total. The summed E-state index contributed by atoms with van der Waals surface area (Å²) >= 11 is 0. The van der Waals surface area contributed by atoms with E-state index in [1.807, 2.05) is 19.9 Å². The SMILES string of the molecule is CC(C)C[C@H](NC(=O)CN)C(=O)N[C@@H](CCCN)C(=O)N[C@@H](Cc1ccccc1)C(=O)N1CCC[C@H]1C(=O)N[C@@H](CCCN)C(=O)O. The first kappa shape index (κ1) is 39.1. The normalized spacial score (nSPS) is 16.9. The number of carbonyl (C=O) groups excluding carboxylic acids is 5. The molecule has 0 aromatic heterocycles. The number of aliphatic carboxylic acids is 1. The van der Waals surface area contributed by atoms with Crippen molar-refractivity contribution < 1.29 is 33.9 Å². The Morgan fingerprint density at radius 2 is 1.43 bits per heavy atom. The average Bonchev–Trinajstić information content (AvgIpc) is 3.54. The Labute approximate surface area is 276 Å². The number of carboxylic acids is 1. The molecule has 0 unspecified atom stereocenters. The summed E-state index contributed by atoms with van der Waals surface area (Å²) in [4.78, 5) is 79.5. The maximum atomic E-state index is 14.1. The molecular weight excluding hydrogens is 608 g/mol. The van der Waals surface area contributed by atoms with E-state index in [0.29, 0.717) is 32.1 Å². The number of nitrogens with two attached hydrogens (primary N) is 3. The molecule has 0 spiro atoms. The van der Waals surface area contributed by atoms with E-state index in [9.17, 15) is 33.9 Å². The van der Waals surface area contributed by atoms with Gasteiger partial charge in [-0.15, -0.1) is 0 Å². The number of carbonyl (C=O) groups is 6. The van der Waals surface area contributed by atoms with Crippen LogP contribution in [0.4, 0.5) is 0 Å². The molecule has 5 atom stereocenters. The Hall–Kier alpha value is -4.08. The lowest BCUT2D eigenvalue weighted by atomic mass is 10.0. The zero-order valence-corrected chi connectivity index (χ0v) is 27.4. The molecule has 262 valence electrons. The minimum Gasteiger partial charge on any atom is -0.480 e. The maximum absolute atomic E-state index is 14.1. The Morgan fingerprint density at radius 1 is 0.830 bits per heavy atom. The smallest absolute Gasteiger partial charge is 0.326 e. The van der Waals surface area contributed by atoms with Gasteiger partial charge in [0, 0.05) is 13.0 Å². The highest BCUT2D eigenvalue weighted by Gasteiger charge is 2.39. The molecule has 1 aliphatic heterocycles. The van der Waals surface area contributed by atoms with Crippen molar-refractivity contribution in [1.29, 1.82) is 0 Å². The second-order valence-electron chi connectivity index (χ2n) is 12.2. The van der Waals surface area contributed by atoms with Crippen LogP contribution in [0.3, 0.4) is 0 Å². The standard InChI is InChI=1S/C32H52N8O7/c1-20(2)17-24(36-27(41)19-35)29(43)37-22(11-6-14-33)28(42)39-25(18-21-9-4-3-5-10-21)31(45)40-16-8-13-26(40)30(44)38-23(32(46)47)12-7-15-34/h3-5,9-10,20,22-26H,6-8,11-19,33-35H2,1-2H3,(H,36,41)(H,37,43)(H,38,44)(H,39,42)(H,46,47)/t22-,23-,24-,25-,26-/m0/s1. The van der Waals surface area contributed by atoms with Crippen LogP contribution in [0.2, 0.25) is 0 Å². The third kappa shape index (κ3) is 12.9. The molecule has 1 saturated heterocycles. The first-order chi connectivity index (χ1) is 22.4. The molecule has 0 aliphatic carbocycles. The molecule has 5 amide bonds. The van der Waals surface area contributed by atoms with E-state index < -0.39 is 65.7 Å². The average molecular weight is 661 g/mol. The lowest BCUT2D eigenvalue weighted by Gasteiger charge is -2.31. The summed E-state index contributed by atoms with van der Waals surface area (Å²) in [5.41, 5.74) is 17.4. The van der Waals surface area contributed by atoms with E-state index in [0.717, 1.165) is 5.56 Å². The summed E-state index contributed by atoms with van der Waals surface area (Å²) in [6.45, 7) is 4.23. The highest BCUT2D eigenvalue weighted by molar-refractivity contribution is 5.96. The number of hydrogen-bond acceptors (Lipinski definition) is 9. The third-order valence-electron chi connectivity index (χ3n) is 7.92. The highest BCUT2D eigenvalue weighted by Crippen LogP contribution is 2.20. The topological polar surface area (TPSA) is 252 Å². The van der Waals surface area contributed by atoms with E-state index in [2.05, 4.69) is 21.3 Å². The fraction of sp³-hybridized carbons (Fsp3) is 0.625. The van der Waals surface area contributed by atoms with Crippen molar-refractivity contribution in [2.24, 2.45) is 23.1 Å². The zero-order chi connectivity index (χ0) is 34.9. The van der Waals surface area contributed by atoms with Gasteiger partial charge in [0.15, 0.2) is 0 Å². The van der Waals surface area contributed by atoms with Crippen molar-refractivity contribution in [1.82, 2.24) is 26.2 Å². The van der Waals surface area contributed by atoms with Crippen LogP contribution in [0.15, 0.2) is 30.3 Å². The molecule has 1 aliphatic rings. The molecule has 1 fully saturated rings. The first-order valence-corrected chi connectivity index (χ1v) is 16.3. The molecule has 1 aromatic rings. The van der Waals surface area contributed by atoms with Crippen molar-refractivity contribution in [3.8, 4) is 0 Å². The van der Waals surface area contributed by atoms with Crippen LogP contribution in [-0.2, 0) is 35.2 Å². The minimum atomic E-state index is -1.19. The van der Waals surface area contributed by atoms with Crippen LogP contribution < -0.4 is 38.5 Å². The number of benzene rings is 1. The number of carboxylic acid groups (broad SMARTS) is 1. The number of rotatable bonds is 20. The van der Waals surface area contributed by atoms with E-state index >= 15 is 0 Å². The molecule has 0 radical (unpaired) electrons. The summed E-state index contributed by atoms with van der Waals surface area (Å²) in [6.07, 6.45) is 2.36. The lowest BCUT2D eigenvalue weighted by Crippen LogP contribution is -2.59.